The molecule has 2 fully saturated rings. The van der Waals surface area contributed by atoms with Crippen LogP contribution in [0, 0.1) is 5.41 Å². The number of benzene rings is 1. The van der Waals surface area contributed by atoms with Gasteiger partial charge in [-0.25, -0.2) is 8.42 Å². The van der Waals surface area contributed by atoms with Crippen molar-refractivity contribution < 1.29 is 31.5 Å². The molecule has 9 nitrogen and oxygen atoms in total. The topological polar surface area (TPSA) is 130 Å². The molecule has 12 heteroatoms. The smallest absolute Gasteiger partial charge is 0.387 e. The lowest BCUT2D eigenvalue weighted by Gasteiger charge is -2.24. The van der Waals surface area contributed by atoms with Gasteiger partial charge in [-0.2, -0.15) is 8.78 Å². The molecule has 2 unspecified atom stereocenters. The van der Waals surface area contributed by atoms with Gasteiger partial charge >= 0.3 is 6.61 Å². The van der Waals surface area contributed by atoms with E-state index >= 15 is 0 Å². The molecule has 35 heavy (non-hydrogen) atoms. The van der Waals surface area contributed by atoms with Crippen molar-refractivity contribution in [2.45, 2.75) is 38.0 Å². The maximum Gasteiger partial charge on any atom is 0.387 e. The molecule has 4 rings (SSSR count). The minimum absolute atomic E-state index is 0.0148. The summed E-state index contributed by atoms with van der Waals surface area (Å²) in [6, 6.07) is 7.25. The number of alkyl halides is 2. The summed E-state index contributed by atoms with van der Waals surface area (Å²) in [6.07, 6.45) is 2.34. The van der Waals surface area contributed by atoms with Crippen molar-refractivity contribution in [3.05, 3.63) is 53.3 Å². The summed E-state index contributed by atoms with van der Waals surface area (Å²) in [5, 5.41) is 14.7. The average Bonchev–Trinajstić information content (AvgIpc) is 3.39. The van der Waals surface area contributed by atoms with Crippen molar-refractivity contribution in [1.82, 2.24) is 10.3 Å². The number of ether oxygens (including phenoxy) is 2. The molecule has 0 aliphatic carbocycles. The third-order valence-electron chi connectivity index (χ3n) is 5.94. The number of carbonyl (C=O) groups is 1. The fourth-order valence-electron chi connectivity index (χ4n) is 4.19. The summed E-state index contributed by atoms with van der Waals surface area (Å²) in [5.74, 6) is -0.686. The van der Waals surface area contributed by atoms with Gasteiger partial charge in [0, 0.05) is 18.4 Å². The highest BCUT2D eigenvalue weighted by Crippen LogP contribution is 2.26. The van der Waals surface area contributed by atoms with Crippen LogP contribution in [-0.4, -0.2) is 67.9 Å². The van der Waals surface area contributed by atoms with E-state index in [0.717, 1.165) is 6.42 Å². The number of carbonyl (C=O) groups excluding carboxylic acids is 1. The van der Waals surface area contributed by atoms with Crippen LogP contribution in [0.2, 0.25) is 0 Å². The van der Waals surface area contributed by atoms with Gasteiger partial charge in [0.1, 0.15) is 11.4 Å². The van der Waals surface area contributed by atoms with Crippen LogP contribution < -0.4 is 15.4 Å². The lowest BCUT2D eigenvalue weighted by Crippen LogP contribution is -2.47. The number of halogens is 2. The first-order valence-corrected chi connectivity index (χ1v) is 12.9. The number of anilines is 1. The largest absolute Gasteiger partial charge is 0.435 e. The molecule has 0 spiro atoms. The molecular weight excluding hydrogens is 482 g/mol. The molecule has 2 aromatic rings. The van der Waals surface area contributed by atoms with Crippen molar-refractivity contribution in [3.8, 4) is 5.75 Å². The second-order valence-corrected chi connectivity index (χ2v) is 11.1. The van der Waals surface area contributed by atoms with Gasteiger partial charge in [0.2, 0.25) is 0 Å². The van der Waals surface area contributed by atoms with E-state index in [9.17, 15) is 22.0 Å². The lowest BCUT2D eigenvalue weighted by molar-refractivity contribution is -0.0498. The molecule has 2 atom stereocenters. The van der Waals surface area contributed by atoms with E-state index in [1.165, 1.54) is 24.4 Å². The van der Waals surface area contributed by atoms with E-state index < -0.39 is 27.9 Å². The fraction of sp³-hybridized carbons (Fsp3) is 0.435. The summed E-state index contributed by atoms with van der Waals surface area (Å²) in [6.45, 7) is -0.294. The third kappa shape index (κ3) is 6.12. The minimum atomic E-state index is -3.21. The molecular formula is C23H26F2N4O5S. The standard InChI is InChI=1S/C23H26F2N4O5S/c1-23(6-8-35(31,32)13-23)29-21(30)15-10-18(28-16-5-7-33-12-16)20(27-11-15)19(26)14-3-2-4-17(9-14)34-22(24)25/h2-4,9-11,16,22,26,28H,5-8,12-13H2,1H3,(H,29,30). The van der Waals surface area contributed by atoms with E-state index in [1.807, 2.05) is 0 Å². The Bertz CT molecular complexity index is 1230. The quantitative estimate of drug-likeness (QED) is 0.467. The molecule has 2 aliphatic rings. The highest BCUT2D eigenvalue weighted by molar-refractivity contribution is 7.91. The van der Waals surface area contributed by atoms with Crippen molar-refractivity contribution in [3.63, 3.8) is 0 Å². The van der Waals surface area contributed by atoms with Crippen LogP contribution in [0.1, 0.15) is 41.4 Å². The molecule has 2 saturated heterocycles. The number of nitrogens with one attached hydrogen (secondary N) is 3. The first kappa shape index (κ1) is 25.0. The minimum Gasteiger partial charge on any atom is -0.435 e. The number of hydrogen-bond acceptors (Lipinski definition) is 8. The van der Waals surface area contributed by atoms with Crippen LogP contribution >= 0.6 is 0 Å². The van der Waals surface area contributed by atoms with Crippen LogP contribution in [0.5, 0.6) is 5.75 Å². The molecule has 0 saturated carbocycles. The lowest BCUT2D eigenvalue weighted by atomic mass is 10.0. The predicted octanol–water partition coefficient (Wildman–Crippen LogP) is 2.61. The van der Waals surface area contributed by atoms with Crippen molar-refractivity contribution in [1.29, 1.82) is 5.41 Å². The van der Waals surface area contributed by atoms with Gasteiger partial charge in [0.05, 0.1) is 46.7 Å². The molecule has 0 bridgehead atoms. The Kier molecular flexibility index (Phi) is 7.04. The van der Waals surface area contributed by atoms with Crippen LogP contribution in [0.4, 0.5) is 14.5 Å². The number of nitrogens with zero attached hydrogens (tertiary/aromatic N) is 1. The van der Waals surface area contributed by atoms with Crippen LogP contribution in [-0.2, 0) is 14.6 Å². The molecule has 3 N–H and O–H groups in total. The normalized spacial score (nSPS) is 23.3. The Hall–Kier alpha value is -3.12. The zero-order valence-corrected chi connectivity index (χ0v) is 19.8. The Morgan fingerprint density at radius 1 is 1.31 bits per heavy atom. The maximum atomic E-state index is 13.0. The molecule has 1 aromatic heterocycles. The second-order valence-electron chi connectivity index (χ2n) is 8.96. The van der Waals surface area contributed by atoms with E-state index in [0.29, 0.717) is 30.9 Å². The number of hydrogen-bond donors (Lipinski definition) is 3. The van der Waals surface area contributed by atoms with E-state index in [1.54, 1.807) is 19.1 Å². The number of pyridine rings is 1. The molecule has 188 valence electrons. The predicted molar refractivity (Wildman–Crippen MR) is 125 cm³/mol. The van der Waals surface area contributed by atoms with Gasteiger partial charge in [-0.3, -0.25) is 15.2 Å². The summed E-state index contributed by atoms with van der Waals surface area (Å²) in [4.78, 5) is 17.3. The first-order chi connectivity index (χ1) is 16.5. The SMILES string of the molecule is CC1(NC(=O)c2cnc(C(=N)c3cccc(OC(F)F)c3)c(NC3CCOC3)c2)CCS(=O)(=O)C1. The van der Waals surface area contributed by atoms with Crippen molar-refractivity contribution >= 4 is 27.1 Å². The van der Waals surface area contributed by atoms with Gasteiger partial charge in [-0.15, -0.1) is 0 Å². The number of aromatic nitrogens is 1. The summed E-state index contributed by atoms with van der Waals surface area (Å²) in [5.41, 5.74) is 0.205. The van der Waals surface area contributed by atoms with Crippen molar-refractivity contribution in [2.24, 2.45) is 0 Å². The first-order valence-electron chi connectivity index (χ1n) is 11.0. The highest BCUT2D eigenvalue weighted by Gasteiger charge is 2.39. The number of amides is 1. The van der Waals surface area contributed by atoms with E-state index in [2.05, 4.69) is 20.4 Å². The van der Waals surface area contributed by atoms with Crippen molar-refractivity contribution in [2.75, 3.05) is 30.0 Å². The summed E-state index contributed by atoms with van der Waals surface area (Å²) >= 11 is 0. The molecule has 1 amide bonds. The second kappa shape index (κ2) is 9.86. The third-order valence-corrected chi connectivity index (χ3v) is 7.85. The van der Waals surface area contributed by atoms with Gasteiger partial charge in [0.25, 0.3) is 5.91 Å². The van der Waals surface area contributed by atoms with Gasteiger partial charge in [-0.1, -0.05) is 12.1 Å². The van der Waals surface area contributed by atoms with Gasteiger partial charge in [-0.05, 0) is 38.0 Å². The van der Waals surface area contributed by atoms with Gasteiger partial charge < -0.3 is 20.1 Å². The number of rotatable bonds is 8. The van der Waals surface area contributed by atoms with Gasteiger partial charge in [0.15, 0.2) is 9.84 Å². The zero-order chi connectivity index (χ0) is 25.2. The monoisotopic (exact) mass is 508 g/mol. The summed E-state index contributed by atoms with van der Waals surface area (Å²) < 4.78 is 58.9. The van der Waals surface area contributed by atoms with E-state index in [-0.39, 0.29) is 40.3 Å². The Morgan fingerprint density at radius 3 is 2.77 bits per heavy atom. The average molecular weight is 509 g/mol. The molecule has 2 aliphatic heterocycles. The molecule has 3 heterocycles. The zero-order valence-electron chi connectivity index (χ0n) is 19.0. The Balaban J connectivity index is 1.62. The summed E-state index contributed by atoms with van der Waals surface area (Å²) in [7, 11) is -3.21. The maximum absolute atomic E-state index is 13.0. The highest BCUT2D eigenvalue weighted by atomic mass is 32.2. The van der Waals surface area contributed by atoms with Crippen LogP contribution in [0.15, 0.2) is 36.5 Å². The Morgan fingerprint density at radius 2 is 2.11 bits per heavy atom. The molecule has 1 aromatic carbocycles. The molecule has 0 radical (unpaired) electrons. The van der Waals surface area contributed by atoms with Crippen LogP contribution in [0.25, 0.3) is 0 Å². The number of sulfone groups is 1. The Labute approximate surface area is 201 Å². The van der Waals surface area contributed by atoms with Crippen LogP contribution in [0.3, 0.4) is 0 Å². The fourth-order valence-corrected chi connectivity index (χ4v) is 6.28. The van der Waals surface area contributed by atoms with E-state index in [4.69, 9.17) is 10.1 Å².